The van der Waals surface area contributed by atoms with E-state index in [1.165, 1.54) is 14.2 Å². The molecule has 1 rings (SSSR count). The SMILES string of the molecule is COCC(CNC(=O)c1cc(C(F)(F)F)ccc1F)OC. The highest BCUT2D eigenvalue weighted by atomic mass is 19.4. The molecule has 0 bridgehead atoms. The molecule has 0 fully saturated rings. The molecule has 1 amide bonds. The number of ether oxygens (including phenoxy) is 2. The van der Waals surface area contributed by atoms with E-state index < -0.39 is 35.1 Å². The van der Waals surface area contributed by atoms with Crippen molar-refractivity contribution in [1.82, 2.24) is 5.32 Å². The van der Waals surface area contributed by atoms with E-state index in [-0.39, 0.29) is 13.2 Å². The second-order valence-electron chi connectivity index (χ2n) is 4.22. The van der Waals surface area contributed by atoms with Crippen molar-refractivity contribution in [2.75, 3.05) is 27.4 Å². The summed E-state index contributed by atoms with van der Waals surface area (Å²) in [7, 11) is 2.82. The third kappa shape index (κ3) is 4.98. The molecule has 0 radical (unpaired) electrons. The molecule has 1 aromatic rings. The predicted molar refractivity (Wildman–Crippen MR) is 66.4 cm³/mol. The van der Waals surface area contributed by atoms with Gasteiger partial charge in [-0.15, -0.1) is 0 Å². The third-order valence-electron chi connectivity index (χ3n) is 2.71. The van der Waals surface area contributed by atoms with Gasteiger partial charge in [-0.25, -0.2) is 4.39 Å². The lowest BCUT2D eigenvalue weighted by Crippen LogP contribution is -2.36. The molecule has 118 valence electrons. The van der Waals surface area contributed by atoms with Crippen LogP contribution in [0.4, 0.5) is 17.6 Å². The number of hydrogen-bond acceptors (Lipinski definition) is 3. The fraction of sp³-hybridized carbons (Fsp3) is 0.462. The number of methoxy groups -OCH3 is 2. The molecule has 0 saturated carbocycles. The molecule has 21 heavy (non-hydrogen) atoms. The molecular weight excluding hydrogens is 294 g/mol. The minimum atomic E-state index is -4.64. The summed E-state index contributed by atoms with van der Waals surface area (Å²) in [5.41, 5.74) is -1.76. The van der Waals surface area contributed by atoms with Gasteiger partial charge in [0.15, 0.2) is 0 Å². The number of amides is 1. The molecule has 0 saturated heterocycles. The van der Waals surface area contributed by atoms with Gasteiger partial charge in [0.05, 0.1) is 23.8 Å². The van der Waals surface area contributed by atoms with Crippen molar-refractivity contribution in [2.45, 2.75) is 12.3 Å². The lowest BCUT2D eigenvalue weighted by molar-refractivity contribution is -0.137. The van der Waals surface area contributed by atoms with Crippen LogP contribution in [0.2, 0.25) is 0 Å². The highest BCUT2D eigenvalue weighted by Crippen LogP contribution is 2.30. The quantitative estimate of drug-likeness (QED) is 0.820. The van der Waals surface area contributed by atoms with Gasteiger partial charge in [0.2, 0.25) is 0 Å². The summed E-state index contributed by atoms with van der Waals surface area (Å²) in [6.07, 6.45) is -5.12. The Labute approximate surface area is 119 Å². The maximum atomic E-state index is 13.5. The monoisotopic (exact) mass is 309 g/mol. The zero-order valence-corrected chi connectivity index (χ0v) is 11.5. The molecule has 0 spiro atoms. The van der Waals surface area contributed by atoms with Crippen LogP contribution in [0.15, 0.2) is 18.2 Å². The number of carbonyl (C=O) groups excluding carboxylic acids is 1. The van der Waals surface area contributed by atoms with E-state index in [0.29, 0.717) is 18.2 Å². The second kappa shape index (κ2) is 7.37. The first-order chi connectivity index (χ1) is 9.79. The van der Waals surface area contributed by atoms with Crippen LogP contribution in [0.1, 0.15) is 15.9 Å². The summed E-state index contributed by atoms with van der Waals surface area (Å²) in [4.78, 5) is 11.8. The van der Waals surface area contributed by atoms with E-state index >= 15 is 0 Å². The van der Waals surface area contributed by atoms with Crippen molar-refractivity contribution < 1.29 is 31.8 Å². The van der Waals surface area contributed by atoms with Crippen LogP contribution in [-0.4, -0.2) is 39.4 Å². The highest BCUT2D eigenvalue weighted by Gasteiger charge is 2.32. The summed E-state index contributed by atoms with van der Waals surface area (Å²) in [6.45, 7) is 0.167. The summed E-state index contributed by atoms with van der Waals surface area (Å²) in [6, 6.07) is 1.67. The Morgan fingerprint density at radius 2 is 2.00 bits per heavy atom. The number of carbonyl (C=O) groups is 1. The first-order valence-electron chi connectivity index (χ1n) is 5.96. The fourth-order valence-corrected chi connectivity index (χ4v) is 1.57. The summed E-state index contributed by atoms with van der Waals surface area (Å²) >= 11 is 0. The lowest BCUT2D eigenvalue weighted by atomic mass is 10.1. The van der Waals surface area contributed by atoms with Gasteiger partial charge < -0.3 is 14.8 Å². The molecule has 1 unspecified atom stereocenters. The van der Waals surface area contributed by atoms with Crippen molar-refractivity contribution >= 4 is 5.91 Å². The van der Waals surface area contributed by atoms with Gasteiger partial charge in [0, 0.05) is 20.8 Å². The molecule has 0 heterocycles. The van der Waals surface area contributed by atoms with Crippen molar-refractivity contribution in [3.8, 4) is 0 Å². The second-order valence-corrected chi connectivity index (χ2v) is 4.22. The number of halogens is 4. The molecule has 8 heteroatoms. The molecule has 1 aromatic carbocycles. The first kappa shape index (κ1) is 17.4. The molecule has 0 aliphatic carbocycles. The van der Waals surface area contributed by atoms with Crippen LogP contribution in [-0.2, 0) is 15.7 Å². The summed E-state index contributed by atoms with van der Waals surface area (Å²) in [5.74, 6) is -1.97. The van der Waals surface area contributed by atoms with Gasteiger partial charge in [0.1, 0.15) is 5.82 Å². The molecule has 0 aliphatic heterocycles. The van der Waals surface area contributed by atoms with Crippen LogP contribution in [0.5, 0.6) is 0 Å². The Morgan fingerprint density at radius 1 is 1.33 bits per heavy atom. The minimum absolute atomic E-state index is 0.0150. The van der Waals surface area contributed by atoms with Crippen LogP contribution in [0, 0.1) is 5.82 Å². The normalized spacial score (nSPS) is 13.0. The van der Waals surface area contributed by atoms with E-state index in [1.54, 1.807) is 0 Å². The van der Waals surface area contributed by atoms with E-state index in [9.17, 15) is 22.4 Å². The zero-order chi connectivity index (χ0) is 16.0. The summed E-state index contributed by atoms with van der Waals surface area (Å²) < 4.78 is 60.9. The minimum Gasteiger partial charge on any atom is -0.382 e. The Balaban J connectivity index is 2.82. The Bertz CT molecular complexity index is 491. The van der Waals surface area contributed by atoms with Gasteiger partial charge in [-0.2, -0.15) is 13.2 Å². The summed E-state index contributed by atoms with van der Waals surface area (Å²) in [5, 5.41) is 2.30. The van der Waals surface area contributed by atoms with Crippen LogP contribution in [0.3, 0.4) is 0 Å². The largest absolute Gasteiger partial charge is 0.416 e. The number of hydrogen-bond donors (Lipinski definition) is 1. The Kier molecular flexibility index (Phi) is 6.10. The average molecular weight is 309 g/mol. The van der Waals surface area contributed by atoms with Crippen LogP contribution >= 0.6 is 0 Å². The van der Waals surface area contributed by atoms with Crippen molar-refractivity contribution in [3.05, 3.63) is 35.1 Å². The number of nitrogens with one attached hydrogen (secondary N) is 1. The van der Waals surface area contributed by atoms with E-state index in [2.05, 4.69) is 5.32 Å². The van der Waals surface area contributed by atoms with Crippen molar-refractivity contribution in [2.24, 2.45) is 0 Å². The topological polar surface area (TPSA) is 47.6 Å². The van der Waals surface area contributed by atoms with Crippen molar-refractivity contribution in [3.63, 3.8) is 0 Å². The molecular formula is C13H15F4NO3. The lowest BCUT2D eigenvalue weighted by Gasteiger charge is -2.15. The van der Waals surface area contributed by atoms with Crippen LogP contribution < -0.4 is 5.32 Å². The number of rotatable bonds is 6. The average Bonchev–Trinajstić information content (AvgIpc) is 2.42. The standard InChI is InChI=1S/C13H15F4NO3/c1-20-7-9(21-2)6-18-12(19)10-5-8(13(15,16)17)3-4-11(10)14/h3-5,9H,6-7H2,1-2H3,(H,18,19). The molecule has 4 nitrogen and oxygen atoms in total. The van der Waals surface area contributed by atoms with Gasteiger partial charge >= 0.3 is 6.18 Å². The van der Waals surface area contributed by atoms with E-state index in [4.69, 9.17) is 9.47 Å². The van der Waals surface area contributed by atoms with Crippen LogP contribution in [0.25, 0.3) is 0 Å². The highest BCUT2D eigenvalue weighted by molar-refractivity contribution is 5.94. The van der Waals surface area contributed by atoms with Gasteiger partial charge in [-0.1, -0.05) is 0 Å². The zero-order valence-electron chi connectivity index (χ0n) is 11.5. The Morgan fingerprint density at radius 3 is 2.52 bits per heavy atom. The number of alkyl halides is 3. The molecule has 0 aliphatic rings. The fourth-order valence-electron chi connectivity index (χ4n) is 1.57. The van der Waals surface area contributed by atoms with Gasteiger partial charge in [-0.3, -0.25) is 4.79 Å². The number of benzene rings is 1. The van der Waals surface area contributed by atoms with E-state index in [0.717, 1.165) is 0 Å². The molecule has 0 aromatic heterocycles. The Hall–Kier alpha value is -1.67. The van der Waals surface area contributed by atoms with Crippen molar-refractivity contribution in [1.29, 1.82) is 0 Å². The smallest absolute Gasteiger partial charge is 0.382 e. The maximum absolute atomic E-state index is 13.5. The van der Waals surface area contributed by atoms with E-state index in [1.807, 2.05) is 0 Å². The predicted octanol–water partition coefficient (Wildman–Crippen LogP) is 2.24. The maximum Gasteiger partial charge on any atom is 0.416 e. The third-order valence-corrected chi connectivity index (χ3v) is 2.71. The molecule has 1 atom stereocenters. The first-order valence-corrected chi connectivity index (χ1v) is 5.96. The van der Waals surface area contributed by atoms with Gasteiger partial charge in [-0.05, 0) is 18.2 Å². The van der Waals surface area contributed by atoms with Gasteiger partial charge in [0.25, 0.3) is 5.91 Å². The molecule has 1 N–H and O–H groups in total.